The van der Waals surface area contributed by atoms with Crippen LogP contribution in [0.5, 0.6) is 0 Å². The van der Waals surface area contributed by atoms with Gasteiger partial charge in [0.25, 0.3) is 0 Å². The molecule has 72 valence electrons. The van der Waals surface area contributed by atoms with E-state index in [-0.39, 0.29) is 6.04 Å². The van der Waals surface area contributed by atoms with E-state index in [1.165, 1.54) is 19.3 Å². The van der Waals surface area contributed by atoms with E-state index >= 15 is 0 Å². The largest absolute Gasteiger partial charge is 0.323 e. The summed E-state index contributed by atoms with van der Waals surface area (Å²) in [5.74, 6) is 0. The van der Waals surface area contributed by atoms with Crippen LogP contribution in [0.2, 0.25) is 0 Å². The molecule has 0 bridgehead atoms. The SMILES string of the molecule is CC1(CC(N)c2cn[nH]n2)CCC1. The van der Waals surface area contributed by atoms with E-state index in [0.717, 1.165) is 12.1 Å². The second-order valence-electron chi connectivity index (χ2n) is 4.37. The van der Waals surface area contributed by atoms with Gasteiger partial charge >= 0.3 is 0 Å². The van der Waals surface area contributed by atoms with E-state index in [0.29, 0.717) is 5.41 Å². The van der Waals surface area contributed by atoms with Crippen LogP contribution in [-0.2, 0) is 0 Å². The molecule has 1 aromatic rings. The van der Waals surface area contributed by atoms with Gasteiger partial charge < -0.3 is 5.73 Å². The van der Waals surface area contributed by atoms with Gasteiger partial charge in [-0.25, -0.2) is 0 Å². The van der Waals surface area contributed by atoms with Crippen molar-refractivity contribution in [3.8, 4) is 0 Å². The zero-order valence-corrected chi connectivity index (χ0v) is 7.95. The average molecular weight is 180 g/mol. The van der Waals surface area contributed by atoms with E-state index in [1.54, 1.807) is 6.20 Å². The van der Waals surface area contributed by atoms with Crippen molar-refractivity contribution in [1.82, 2.24) is 15.4 Å². The minimum absolute atomic E-state index is 0.0454. The van der Waals surface area contributed by atoms with Gasteiger partial charge in [0, 0.05) is 0 Å². The maximum atomic E-state index is 6.01. The van der Waals surface area contributed by atoms with Crippen LogP contribution in [0.1, 0.15) is 44.3 Å². The van der Waals surface area contributed by atoms with Gasteiger partial charge in [0.2, 0.25) is 0 Å². The minimum Gasteiger partial charge on any atom is -0.323 e. The molecular weight excluding hydrogens is 164 g/mol. The Labute approximate surface area is 77.9 Å². The lowest BCUT2D eigenvalue weighted by Crippen LogP contribution is -2.30. The highest BCUT2D eigenvalue weighted by Gasteiger charge is 2.34. The Kier molecular flexibility index (Phi) is 2.07. The van der Waals surface area contributed by atoms with Crippen molar-refractivity contribution in [1.29, 1.82) is 0 Å². The first-order valence-electron chi connectivity index (χ1n) is 4.81. The molecule has 1 fully saturated rings. The molecule has 1 saturated carbocycles. The number of aromatic amines is 1. The van der Waals surface area contributed by atoms with Crippen molar-refractivity contribution in [2.45, 2.75) is 38.6 Å². The van der Waals surface area contributed by atoms with E-state index in [9.17, 15) is 0 Å². The van der Waals surface area contributed by atoms with Gasteiger partial charge in [0.05, 0.1) is 17.9 Å². The molecule has 1 aliphatic carbocycles. The molecule has 1 unspecified atom stereocenters. The minimum atomic E-state index is 0.0454. The fraction of sp³-hybridized carbons (Fsp3) is 0.778. The van der Waals surface area contributed by atoms with Crippen LogP contribution in [0.15, 0.2) is 6.20 Å². The van der Waals surface area contributed by atoms with Gasteiger partial charge in [-0.1, -0.05) is 13.3 Å². The summed E-state index contributed by atoms with van der Waals surface area (Å²) in [5, 5.41) is 10.4. The van der Waals surface area contributed by atoms with E-state index < -0.39 is 0 Å². The van der Waals surface area contributed by atoms with Gasteiger partial charge in [-0.2, -0.15) is 15.4 Å². The van der Waals surface area contributed by atoms with Gasteiger partial charge in [-0.05, 0) is 24.7 Å². The third-order valence-corrected chi connectivity index (χ3v) is 3.09. The van der Waals surface area contributed by atoms with Gasteiger partial charge in [-0.3, -0.25) is 0 Å². The highest BCUT2D eigenvalue weighted by Crippen LogP contribution is 2.45. The van der Waals surface area contributed by atoms with Crippen molar-refractivity contribution in [3.63, 3.8) is 0 Å². The van der Waals surface area contributed by atoms with E-state index in [1.807, 2.05) is 0 Å². The lowest BCUT2D eigenvalue weighted by Gasteiger charge is -2.39. The van der Waals surface area contributed by atoms with Crippen LogP contribution in [0.4, 0.5) is 0 Å². The first-order chi connectivity index (χ1) is 6.20. The number of H-pyrrole nitrogens is 1. The Hall–Kier alpha value is -0.900. The second kappa shape index (κ2) is 3.10. The van der Waals surface area contributed by atoms with Crippen LogP contribution < -0.4 is 5.73 Å². The van der Waals surface area contributed by atoms with E-state index in [2.05, 4.69) is 22.3 Å². The molecule has 0 aromatic carbocycles. The van der Waals surface area contributed by atoms with Crippen LogP contribution in [0, 0.1) is 5.41 Å². The molecule has 0 radical (unpaired) electrons. The highest BCUT2D eigenvalue weighted by atomic mass is 15.3. The molecule has 13 heavy (non-hydrogen) atoms. The topological polar surface area (TPSA) is 67.6 Å². The van der Waals surface area contributed by atoms with Crippen LogP contribution in [0.3, 0.4) is 0 Å². The summed E-state index contributed by atoms with van der Waals surface area (Å²) in [4.78, 5) is 0. The van der Waals surface area contributed by atoms with Gasteiger partial charge in [-0.15, -0.1) is 0 Å². The highest BCUT2D eigenvalue weighted by molar-refractivity contribution is 5.01. The third-order valence-electron chi connectivity index (χ3n) is 3.09. The molecule has 4 nitrogen and oxygen atoms in total. The fourth-order valence-electron chi connectivity index (χ4n) is 2.01. The molecule has 0 spiro atoms. The van der Waals surface area contributed by atoms with Crippen LogP contribution in [0.25, 0.3) is 0 Å². The summed E-state index contributed by atoms with van der Waals surface area (Å²) in [7, 11) is 0. The summed E-state index contributed by atoms with van der Waals surface area (Å²) in [6.07, 6.45) is 6.70. The molecule has 1 aromatic heterocycles. The standard InChI is InChI=1S/C9H16N4/c1-9(3-2-4-9)5-7(10)8-6-11-13-12-8/h6-7H,2-5,10H2,1H3,(H,11,12,13). The van der Waals surface area contributed by atoms with Crippen molar-refractivity contribution < 1.29 is 0 Å². The Balaban J connectivity index is 1.95. The number of rotatable bonds is 3. The van der Waals surface area contributed by atoms with Gasteiger partial charge in [0.15, 0.2) is 0 Å². The van der Waals surface area contributed by atoms with Crippen molar-refractivity contribution in [2.24, 2.45) is 11.1 Å². The molecular formula is C9H16N4. The van der Waals surface area contributed by atoms with Crippen molar-refractivity contribution in [3.05, 3.63) is 11.9 Å². The zero-order chi connectivity index (χ0) is 9.31. The maximum absolute atomic E-state index is 6.01. The fourth-order valence-corrected chi connectivity index (χ4v) is 2.01. The Bertz CT molecular complexity index is 263. The molecule has 0 saturated heterocycles. The Morgan fingerprint density at radius 2 is 2.46 bits per heavy atom. The summed E-state index contributed by atoms with van der Waals surface area (Å²) in [6, 6.07) is 0.0454. The number of nitrogens with one attached hydrogen (secondary N) is 1. The van der Waals surface area contributed by atoms with Crippen molar-refractivity contribution in [2.75, 3.05) is 0 Å². The molecule has 3 N–H and O–H groups in total. The van der Waals surface area contributed by atoms with Crippen LogP contribution >= 0.6 is 0 Å². The maximum Gasteiger partial charge on any atom is 0.0991 e. The lowest BCUT2D eigenvalue weighted by molar-refractivity contribution is 0.133. The molecule has 1 atom stereocenters. The average Bonchev–Trinajstić information content (AvgIpc) is 2.53. The third kappa shape index (κ3) is 1.72. The Morgan fingerprint density at radius 3 is 2.92 bits per heavy atom. The normalized spacial score (nSPS) is 22.3. The smallest absolute Gasteiger partial charge is 0.0991 e. The summed E-state index contributed by atoms with van der Waals surface area (Å²) >= 11 is 0. The number of hydrogen-bond donors (Lipinski definition) is 2. The summed E-state index contributed by atoms with van der Waals surface area (Å²) < 4.78 is 0. The van der Waals surface area contributed by atoms with E-state index in [4.69, 9.17) is 5.73 Å². The predicted octanol–water partition coefficient (Wildman–Crippen LogP) is 1.38. The molecule has 0 aliphatic heterocycles. The Morgan fingerprint density at radius 1 is 1.69 bits per heavy atom. The molecule has 4 heteroatoms. The summed E-state index contributed by atoms with van der Waals surface area (Å²) in [6.45, 7) is 2.30. The number of nitrogens with two attached hydrogens (primary N) is 1. The quantitative estimate of drug-likeness (QED) is 0.738. The monoisotopic (exact) mass is 180 g/mol. The van der Waals surface area contributed by atoms with Crippen LogP contribution in [-0.4, -0.2) is 15.4 Å². The zero-order valence-electron chi connectivity index (χ0n) is 7.95. The molecule has 1 heterocycles. The molecule has 1 aliphatic rings. The molecule has 2 rings (SSSR count). The van der Waals surface area contributed by atoms with Gasteiger partial charge in [0.1, 0.15) is 0 Å². The number of hydrogen-bond acceptors (Lipinski definition) is 3. The number of nitrogens with zero attached hydrogens (tertiary/aromatic N) is 2. The molecule has 0 amide bonds. The number of aromatic nitrogens is 3. The summed E-state index contributed by atoms with van der Waals surface area (Å²) in [5.41, 5.74) is 7.35. The first kappa shape index (κ1) is 8.69. The lowest BCUT2D eigenvalue weighted by atomic mass is 9.67. The predicted molar refractivity (Wildman–Crippen MR) is 49.9 cm³/mol. The first-order valence-corrected chi connectivity index (χ1v) is 4.81. The second-order valence-corrected chi connectivity index (χ2v) is 4.37. The van der Waals surface area contributed by atoms with Crippen molar-refractivity contribution >= 4 is 0 Å².